The molecule has 0 aliphatic heterocycles. The third-order valence-electron chi connectivity index (χ3n) is 5.04. The molecule has 140 valence electrons. The van der Waals surface area contributed by atoms with Gasteiger partial charge in [0.2, 0.25) is 0 Å². The second-order valence-electron chi connectivity index (χ2n) is 7.17. The van der Waals surface area contributed by atoms with Crippen molar-refractivity contribution in [3.8, 4) is 5.75 Å². The number of amides is 1. The number of benzene rings is 1. The van der Waals surface area contributed by atoms with Gasteiger partial charge < -0.3 is 15.4 Å². The molecule has 2 aromatic heterocycles. The molecule has 5 nitrogen and oxygen atoms in total. The average molecular weight is 447 g/mol. The van der Waals surface area contributed by atoms with Crippen molar-refractivity contribution in [2.24, 2.45) is 5.92 Å². The highest BCUT2D eigenvalue weighted by Crippen LogP contribution is 2.41. The molecule has 0 bridgehead atoms. The maximum absolute atomic E-state index is 12.8. The summed E-state index contributed by atoms with van der Waals surface area (Å²) >= 11 is 4.92. The maximum Gasteiger partial charge on any atom is 0.265 e. The zero-order valence-corrected chi connectivity index (χ0v) is 17.4. The number of aryl methyl sites for hydroxylation is 2. The molecule has 3 N–H and O–H groups in total. The van der Waals surface area contributed by atoms with Gasteiger partial charge >= 0.3 is 0 Å². The first-order valence-electron chi connectivity index (χ1n) is 8.82. The van der Waals surface area contributed by atoms with Gasteiger partial charge in [0.25, 0.3) is 11.5 Å². The van der Waals surface area contributed by atoms with Gasteiger partial charge in [-0.05, 0) is 71.3 Å². The second kappa shape index (κ2) is 6.80. The molecule has 0 saturated heterocycles. The minimum absolute atomic E-state index is 0.221. The summed E-state index contributed by atoms with van der Waals surface area (Å²) in [6.45, 7) is 4.15. The van der Waals surface area contributed by atoms with E-state index in [1.807, 2.05) is 19.1 Å². The molecular formula is C20H19BrN2O3S. The zero-order chi connectivity index (χ0) is 19.3. The zero-order valence-electron chi connectivity index (χ0n) is 15.0. The molecule has 4 rings (SSSR count). The maximum atomic E-state index is 12.8. The molecule has 0 spiro atoms. The first-order chi connectivity index (χ1) is 12.8. The van der Waals surface area contributed by atoms with Crippen LogP contribution in [0, 0.1) is 12.8 Å². The standard InChI is InChI=1S/C20H19BrN2O3S/c1-9-4-6-13(12(21)7-9)22-18(25)16-17(24)15-11-5-3-10(2)8-14(11)27-20(15)23-19(16)26/h4,6-7,10H,3,5,8H2,1-2H3,(H,22,25)(H2,23,24,26)/t10-/m0/s1. The molecule has 0 unspecified atom stereocenters. The highest BCUT2D eigenvalue weighted by atomic mass is 79.9. The van der Waals surface area contributed by atoms with E-state index < -0.39 is 11.5 Å². The van der Waals surface area contributed by atoms with Crippen LogP contribution >= 0.6 is 27.3 Å². The van der Waals surface area contributed by atoms with Gasteiger partial charge in [-0.3, -0.25) is 9.59 Å². The Morgan fingerprint density at radius 1 is 1.41 bits per heavy atom. The number of nitrogens with one attached hydrogen (secondary N) is 2. The second-order valence-corrected chi connectivity index (χ2v) is 9.13. The number of halogens is 1. The van der Waals surface area contributed by atoms with Gasteiger partial charge in [0.15, 0.2) is 0 Å². The minimum atomic E-state index is -0.621. The Balaban J connectivity index is 1.79. The smallest absolute Gasteiger partial charge is 0.265 e. The first-order valence-corrected chi connectivity index (χ1v) is 10.4. The van der Waals surface area contributed by atoms with Crippen molar-refractivity contribution in [1.29, 1.82) is 0 Å². The summed E-state index contributed by atoms with van der Waals surface area (Å²) in [5.41, 5.74) is 1.83. The van der Waals surface area contributed by atoms with Gasteiger partial charge in [-0.2, -0.15) is 0 Å². The fourth-order valence-corrected chi connectivity index (χ4v) is 5.60. The number of hydrogen-bond acceptors (Lipinski definition) is 4. The number of aromatic amines is 1. The van der Waals surface area contributed by atoms with E-state index in [9.17, 15) is 14.7 Å². The number of carbonyl (C=O) groups excluding carboxylic acids is 1. The molecule has 0 saturated carbocycles. The summed E-state index contributed by atoms with van der Waals surface area (Å²) in [7, 11) is 0. The Morgan fingerprint density at radius 3 is 2.93 bits per heavy atom. The number of aromatic nitrogens is 1. The molecule has 7 heteroatoms. The molecule has 3 aromatic rings. The largest absolute Gasteiger partial charge is 0.506 e. The number of fused-ring (bicyclic) bond motifs is 3. The first kappa shape index (κ1) is 18.3. The predicted octanol–water partition coefficient (Wildman–Crippen LogP) is 4.74. The third kappa shape index (κ3) is 3.19. The van der Waals surface area contributed by atoms with E-state index in [0.29, 0.717) is 21.8 Å². The Labute approximate surface area is 168 Å². The van der Waals surface area contributed by atoms with Crippen LogP contribution in [0.1, 0.15) is 39.7 Å². The van der Waals surface area contributed by atoms with Gasteiger partial charge in [-0.25, -0.2) is 0 Å². The number of anilines is 1. The number of H-pyrrole nitrogens is 1. The van der Waals surface area contributed by atoms with Gasteiger partial charge in [-0.1, -0.05) is 13.0 Å². The molecule has 1 aliphatic rings. The Hall–Kier alpha value is -2.12. The van der Waals surface area contributed by atoms with Crippen molar-refractivity contribution >= 4 is 49.1 Å². The Bertz CT molecular complexity index is 1130. The van der Waals surface area contributed by atoms with Crippen molar-refractivity contribution in [2.75, 3.05) is 5.32 Å². The predicted molar refractivity (Wildman–Crippen MR) is 112 cm³/mol. The lowest BCUT2D eigenvalue weighted by Gasteiger charge is -2.18. The van der Waals surface area contributed by atoms with E-state index >= 15 is 0 Å². The highest BCUT2D eigenvalue weighted by molar-refractivity contribution is 9.10. The van der Waals surface area contributed by atoms with Crippen LogP contribution in [-0.4, -0.2) is 16.0 Å². The fourth-order valence-electron chi connectivity index (χ4n) is 3.60. The van der Waals surface area contributed by atoms with Gasteiger partial charge in [0, 0.05) is 9.35 Å². The molecular weight excluding hydrogens is 428 g/mol. The van der Waals surface area contributed by atoms with Crippen LogP contribution in [0.25, 0.3) is 10.2 Å². The van der Waals surface area contributed by atoms with Crippen LogP contribution in [0.5, 0.6) is 5.75 Å². The van der Waals surface area contributed by atoms with Crippen LogP contribution in [0.2, 0.25) is 0 Å². The number of aromatic hydroxyl groups is 1. The summed E-state index contributed by atoms with van der Waals surface area (Å²) in [4.78, 5) is 29.9. The number of carbonyl (C=O) groups is 1. The van der Waals surface area contributed by atoms with Crippen molar-refractivity contribution in [3.05, 3.63) is 54.6 Å². The molecule has 27 heavy (non-hydrogen) atoms. The van der Waals surface area contributed by atoms with Crippen molar-refractivity contribution in [1.82, 2.24) is 4.98 Å². The van der Waals surface area contributed by atoms with E-state index in [-0.39, 0.29) is 11.3 Å². The fraction of sp³-hybridized carbons (Fsp3) is 0.300. The van der Waals surface area contributed by atoms with Crippen LogP contribution in [0.3, 0.4) is 0 Å². The lowest BCUT2D eigenvalue weighted by atomic mass is 9.89. The number of thiophene rings is 1. The van der Waals surface area contributed by atoms with E-state index in [2.05, 4.69) is 33.2 Å². The van der Waals surface area contributed by atoms with Crippen molar-refractivity contribution in [3.63, 3.8) is 0 Å². The third-order valence-corrected chi connectivity index (χ3v) is 6.87. The quantitative estimate of drug-likeness (QED) is 0.531. The van der Waals surface area contributed by atoms with Crippen LogP contribution < -0.4 is 10.9 Å². The minimum Gasteiger partial charge on any atom is -0.506 e. The normalized spacial score (nSPS) is 16.3. The highest BCUT2D eigenvalue weighted by Gasteiger charge is 2.27. The number of hydrogen-bond donors (Lipinski definition) is 3. The lowest BCUT2D eigenvalue weighted by molar-refractivity contribution is 0.102. The molecule has 1 aliphatic carbocycles. The molecule has 0 radical (unpaired) electrons. The number of pyridine rings is 1. The molecule has 2 heterocycles. The summed E-state index contributed by atoms with van der Waals surface area (Å²) in [5.74, 6) is -0.257. The molecule has 1 amide bonds. The summed E-state index contributed by atoms with van der Waals surface area (Å²) < 4.78 is 0.717. The topological polar surface area (TPSA) is 82.2 Å². The van der Waals surface area contributed by atoms with Crippen molar-refractivity contribution in [2.45, 2.75) is 33.1 Å². The Morgan fingerprint density at radius 2 is 2.19 bits per heavy atom. The van der Waals surface area contributed by atoms with E-state index in [0.717, 1.165) is 34.9 Å². The Kier molecular flexibility index (Phi) is 4.60. The van der Waals surface area contributed by atoms with Crippen LogP contribution in [0.4, 0.5) is 5.69 Å². The van der Waals surface area contributed by atoms with Gasteiger partial charge in [-0.15, -0.1) is 11.3 Å². The molecule has 0 fully saturated rings. The average Bonchev–Trinajstić information content (AvgIpc) is 2.94. The van der Waals surface area contributed by atoms with Gasteiger partial charge in [0.05, 0.1) is 11.1 Å². The van der Waals surface area contributed by atoms with Crippen molar-refractivity contribution < 1.29 is 9.90 Å². The summed E-state index contributed by atoms with van der Waals surface area (Å²) in [6.07, 6.45) is 2.82. The van der Waals surface area contributed by atoms with Crippen LogP contribution in [0.15, 0.2) is 27.5 Å². The van der Waals surface area contributed by atoms with E-state index in [4.69, 9.17) is 0 Å². The number of rotatable bonds is 2. The van der Waals surface area contributed by atoms with E-state index in [1.54, 1.807) is 6.07 Å². The molecule has 1 aromatic carbocycles. The monoisotopic (exact) mass is 446 g/mol. The van der Waals surface area contributed by atoms with Crippen LogP contribution in [-0.2, 0) is 12.8 Å². The summed E-state index contributed by atoms with van der Waals surface area (Å²) in [5, 5.41) is 14.2. The molecule has 1 atom stereocenters. The SMILES string of the molecule is Cc1ccc(NC(=O)c2c(O)c3c4c(sc3[nH]c2=O)C[C@@H](C)CC4)c(Br)c1. The summed E-state index contributed by atoms with van der Waals surface area (Å²) in [6, 6.07) is 5.50. The van der Waals surface area contributed by atoms with Gasteiger partial charge in [0.1, 0.15) is 16.1 Å². The lowest BCUT2D eigenvalue weighted by Crippen LogP contribution is -2.23. The van der Waals surface area contributed by atoms with E-state index in [1.165, 1.54) is 16.2 Å².